The molecule has 3 heteroatoms. The first kappa shape index (κ1) is 10.9. The van der Waals surface area contributed by atoms with Crippen LogP contribution in [0.5, 0.6) is 0 Å². The normalized spacial score (nSPS) is 17.3. The predicted octanol–water partition coefficient (Wildman–Crippen LogP) is 1.77. The quantitative estimate of drug-likeness (QED) is 0.784. The van der Waals surface area contributed by atoms with Gasteiger partial charge in [-0.3, -0.25) is 9.59 Å². The molecule has 0 aromatic heterocycles. The standard InChI is InChI=1S/C13H15NO2/c1-10(15)12(16)14-13(8-5-9-13)11-6-3-2-4-7-11/h2-4,6-7H,5,8-9H2,1H3,(H,14,16). The summed E-state index contributed by atoms with van der Waals surface area (Å²) in [4.78, 5) is 22.4. The molecule has 84 valence electrons. The molecule has 0 saturated heterocycles. The number of hydrogen-bond donors (Lipinski definition) is 1. The minimum absolute atomic E-state index is 0.302. The van der Waals surface area contributed by atoms with E-state index in [2.05, 4.69) is 5.32 Å². The summed E-state index contributed by atoms with van der Waals surface area (Å²) in [5.41, 5.74) is 0.792. The van der Waals surface area contributed by atoms with Crippen LogP contribution in [0, 0.1) is 0 Å². The summed E-state index contributed by atoms with van der Waals surface area (Å²) in [6.45, 7) is 1.30. The Kier molecular flexibility index (Phi) is 2.77. The third kappa shape index (κ3) is 1.85. The number of carbonyl (C=O) groups excluding carboxylic acids is 2. The first-order chi connectivity index (χ1) is 7.64. The van der Waals surface area contributed by atoms with Gasteiger partial charge < -0.3 is 5.32 Å². The van der Waals surface area contributed by atoms with E-state index >= 15 is 0 Å². The molecule has 16 heavy (non-hydrogen) atoms. The van der Waals surface area contributed by atoms with Crippen molar-refractivity contribution in [3.05, 3.63) is 35.9 Å². The molecule has 0 heterocycles. The number of rotatable bonds is 3. The molecule has 1 aromatic rings. The van der Waals surface area contributed by atoms with Gasteiger partial charge in [-0.25, -0.2) is 0 Å². The second kappa shape index (κ2) is 4.08. The van der Waals surface area contributed by atoms with Crippen molar-refractivity contribution in [1.29, 1.82) is 0 Å². The van der Waals surface area contributed by atoms with Crippen molar-refractivity contribution < 1.29 is 9.59 Å². The maximum atomic E-state index is 11.5. The van der Waals surface area contributed by atoms with E-state index in [1.807, 2.05) is 30.3 Å². The highest BCUT2D eigenvalue weighted by Crippen LogP contribution is 2.41. The summed E-state index contributed by atoms with van der Waals surface area (Å²) in [7, 11) is 0. The van der Waals surface area contributed by atoms with Crippen LogP contribution in [-0.2, 0) is 15.1 Å². The lowest BCUT2D eigenvalue weighted by molar-refractivity contribution is -0.138. The molecule has 0 bridgehead atoms. The topological polar surface area (TPSA) is 46.2 Å². The second-order valence-corrected chi connectivity index (χ2v) is 4.31. The Balaban J connectivity index is 2.21. The molecule has 1 aliphatic rings. The second-order valence-electron chi connectivity index (χ2n) is 4.31. The summed E-state index contributed by atoms with van der Waals surface area (Å²) in [5.74, 6) is -0.911. The highest BCUT2D eigenvalue weighted by molar-refractivity contribution is 6.35. The van der Waals surface area contributed by atoms with Crippen LogP contribution < -0.4 is 5.32 Å². The van der Waals surface area contributed by atoms with E-state index in [-0.39, 0.29) is 5.54 Å². The molecule has 1 N–H and O–H groups in total. The molecule has 1 fully saturated rings. The van der Waals surface area contributed by atoms with Gasteiger partial charge in [0.15, 0.2) is 0 Å². The fourth-order valence-corrected chi connectivity index (χ4v) is 2.08. The molecule has 1 saturated carbocycles. The first-order valence-corrected chi connectivity index (χ1v) is 5.53. The summed E-state index contributed by atoms with van der Waals surface area (Å²) in [6.07, 6.45) is 2.92. The number of amides is 1. The lowest BCUT2D eigenvalue weighted by Crippen LogP contribution is -2.52. The van der Waals surface area contributed by atoms with E-state index in [1.165, 1.54) is 6.92 Å². The zero-order chi connectivity index (χ0) is 11.6. The van der Waals surface area contributed by atoms with Crippen LogP contribution in [0.2, 0.25) is 0 Å². The molecule has 1 aliphatic carbocycles. The fraction of sp³-hybridized carbons (Fsp3) is 0.385. The van der Waals surface area contributed by atoms with E-state index in [1.54, 1.807) is 0 Å². The maximum Gasteiger partial charge on any atom is 0.287 e. The summed E-state index contributed by atoms with van der Waals surface area (Å²) >= 11 is 0. The van der Waals surface area contributed by atoms with Crippen molar-refractivity contribution in [2.75, 3.05) is 0 Å². The average molecular weight is 217 g/mol. The lowest BCUT2D eigenvalue weighted by atomic mass is 9.71. The molecule has 1 aromatic carbocycles. The Morgan fingerprint density at radius 1 is 1.19 bits per heavy atom. The molecule has 0 radical (unpaired) electrons. The molecular weight excluding hydrogens is 202 g/mol. The van der Waals surface area contributed by atoms with Crippen molar-refractivity contribution >= 4 is 11.7 Å². The van der Waals surface area contributed by atoms with E-state index in [0.717, 1.165) is 24.8 Å². The van der Waals surface area contributed by atoms with E-state index in [0.29, 0.717) is 0 Å². The highest BCUT2D eigenvalue weighted by atomic mass is 16.2. The molecule has 1 amide bonds. The number of benzene rings is 1. The number of Topliss-reactive ketones (excluding diaryl/α,β-unsaturated/α-hetero) is 1. The van der Waals surface area contributed by atoms with Gasteiger partial charge in [0, 0.05) is 6.92 Å². The average Bonchev–Trinajstić information content (AvgIpc) is 2.24. The van der Waals surface area contributed by atoms with Gasteiger partial charge >= 0.3 is 0 Å². The monoisotopic (exact) mass is 217 g/mol. The third-order valence-corrected chi connectivity index (χ3v) is 3.21. The number of hydrogen-bond acceptors (Lipinski definition) is 2. The Labute approximate surface area is 94.9 Å². The van der Waals surface area contributed by atoms with Crippen LogP contribution in [0.25, 0.3) is 0 Å². The van der Waals surface area contributed by atoms with Crippen LogP contribution >= 0.6 is 0 Å². The molecule has 0 atom stereocenters. The van der Waals surface area contributed by atoms with Crippen molar-refractivity contribution in [2.24, 2.45) is 0 Å². The van der Waals surface area contributed by atoms with Gasteiger partial charge in [0.25, 0.3) is 5.91 Å². The Hall–Kier alpha value is -1.64. The SMILES string of the molecule is CC(=O)C(=O)NC1(c2ccccc2)CCC1. The van der Waals surface area contributed by atoms with E-state index < -0.39 is 11.7 Å². The lowest BCUT2D eigenvalue weighted by Gasteiger charge is -2.42. The Morgan fingerprint density at radius 3 is 2.25 bits per heavy atom. The minimum atomic E-state index is -0.483. The van der Waals surface area contributed by atoms with Gasteiger partial charge in [0.2, 0.25) is 5.78 Å². The van der Waals surface area contributed by atoms with Gasteiger partial charge in [0.1, 0.15) is 0 Å². The summed E-state index contributed by atoms with van der Waals surface area (Å²) in [6, 6.07) is 9.85. The van der Waals surface area contributed by atoms with E-state index in [4.69, 9.17) is 0 Å². The van der Waals surface area contributed by atoms with Gasteiger partial charge in [-0.2, -0.15) is 0 Å². The zero-order valence-electron chi connectivity index (χ0n) is 9.32. The molecule has 0 unspecified atom stereocenters. The summed E-state index contributed by atoms with van der Waals surface area (Å²) in [5, 5.41) is 2.86. The largest absolute Gasteiger partial charge is 0.340 e. The predicted molar refractivity (Wildman–Crippen MR) is 60.8 cm³/mol. The van der Waals surface area contributed by atoms with Gasteiger partial charge in [0.05, 0.1) is 5.54 Å². The fourth-order valence-electron chi connectivity index (χ4n) is 2.08. The van der Waals surface area contributed by atoms with Gasteiger partial charge in [-0.1, -0.05) is 30.3 Å². The van der Waals surface area contributed by atoms with Crippen molar-refractivity contribution in [3.8, 4) is 0 Å². The smallest absolute Gasteiger partial charge is 0.287 e. The van der Waals surface area contributed by atoms with Crippen LogP contribution in [-0.4, -0.2) is 11.7 Å². The number of ketones is 1. The molecule has 2 rings (SSSR count). The van der Waals surface area contributed by atoms with Crippen molar-refractivity contribution in [3.63, 3.8) is 0 Å². The minimum Gasteiger partial charge on any atom is -0.340 e. The van der Waals surface area contributed by atoms with Crippen molar-refractivity contribution in [2.45, 2.75) is 31.7 Å². The molecular formula is C13H15NO2. The maximum absolute atomic E-state index is 11.5. The Morgan fingerprint density at radius 2 is 1.81 bits per heavy atom. The van der Waals surface area contributed by atoms with Gasteiger partial charge in [-0.15, -0.1) is 0 Å². The molecule has 0 spiro atoms. The van der Waals surface area contributed by atoms with Crippen LogP contribution in [0.4, 0.5) is 0 Å². The zero-order valence-corrected chi connectivity index (χ0v) is 9.32. The number of nitrogens with one attached hydrogen (secondary N) is 1. The van der Waals surface area contributed by atoms with Gasteiger partial charge in [-0.05, 0) is 24.8 Å². The van der Waals surface area contributed by atoms with Crippen LogP contribution in [0.3, 0.4) is 0 Å². The molecule has 0 aliphatic heterocycles. The summed E-state index contributed by atoms with van der Waals surface area (Å²) < 4.78 is 0. The van der Waals surface area contributed by atoms with E-state index in [9.17, 15) is 9.59 Å². The third-order valence-electron chi connectivity index (χ3n) is 3.21. The Bertz CT molecular complexity index is 407. The van der Waals surface area contributed by atoms with Crippen molar-refractivity contribution in [1.82, 2.24) is 5.32 Å². The highest BCUT2D eigenvalue weighted by Gasteiger charge is 2.40. The number of carbonyl (C=O) groups is 2. The van der Waals surface area contributed by atoms with Crippen LogP contribution in [0.1, 0.15) is 31.7 Å². The van der Waals surface area contributed by atoms with Crippen LogP contribution in [0.15, 0.2) is 30.3 Å². The first-order valence-electron chi connectivity index (χ1n) is 5.53. The molecule has 3 nitrogen and oxygen atoms in total.